The van der Waals surface area contributed by atoms with Crippen LogP contribution in [0.3, 0.4) is 0 Å². The molecule has 0 saturated carbocycles. The van der Waals surface area contributed by atoms with Gasteiger partial charge in [-0.1, -0.05) is 0 Å². The molecule has 0 aliphatic carbocycles. The van der Waals surface area contributed by atoms with Crippen LogP contribution in [-0.4, -0.2) is 10.2 Å². The molecule has 0 spiro atoms. The van der Waals surface area contributed by atoms with Crippen molar-refractivity contribution in [2.45, 2.75) is 6.43 Å². The van der Waals surface area contributed by atoms with Crippen molar-refractivity contribution in [1.82, 2.24) is 4.98 Å². The van der Waals surface area contributed by atoms with Gasteiger partial charge in [0, 0.05) is 0 Å². The maximum atomic E-state index is 12.8. The van der Waals surface area contributed by atoms with Gasteiger partial charge in [-0.15, -0.1) is 0 Å². The highest BCUT2D eigenvalue weighted by Crippen LogP contribution is 2.27. The van der Waals surface area contributed by atoms with Gasteiger partial charge in [-0.2, -0.15) is 4.39 Å². The lowest BCUT2D eigenvalue weighted by Gasteiger charge is -2.06. The average Bonchev–Trinajstić information content (AvgIpc) is 2.01. The van der Waals surface area contributed by atoms with Crippen molar-refractivity contribution >= 4 is 22.7 Å². The molecular formula is C7H4ClF3N2O. The van der Waals surface area contributed by atoms with Crippen LogP contribution in [0.25, 0.3) is 0 Å². The molecule has 0 saturated heterocycles. The number of carbonyl (C=O) groups is 1. The molecule has 1 aromatic rings. The summed E-state index contributed by atoms with van der Waals surface area (Å²) >= 11 is 4.97. The molecule has 0 fully saturated rings. The molecule has 1 rings (SSSR count). The Balaban J connectivity index is 3.44. The topological polar surface area (TPSA) is 56.0 Å². The van der Waals surface area contributed by atoms with Gasteiger partial charge in [0.25, 0.3) is 11.7 Å². The van der Waals surface area contributed by atoms with Gasteiger partial charge in [0.15, 0.2) is 0 Å². The van der Waals surface area contributed by atoms with Gasteiger partial charge in [0.1, 0.15) is 5.82 Å². The third kappa shape index (κ3) is 1.95. The van der Waals surface area contributed by atoms with Crippen LogP contribution in [0, 0.1) is 5.95 Å². The second-order valence-corrected chi connectivity index (χ2v) is 2.72. The molecule has 0 aliphatic rings. The molecule has 14 heavy (non-hydrogen) atoms. The van der Waals surface area contributed by atoms with Crippen molar-refractivity contribution < 1.29 is 18.0 Å². The number of carbonyl (C=O) groups excluding carboxylic acids is 1. The van der Waals surface area contributed by atoms with Crippen molar-refractivity contribution in [2.75, 3.05) is 5.73 Å². The van der Waals surface area contributed by atoms with Gasteiger partial charge in [-0.25, -0.2) is 13.8 Å². The Kier molecular flexibility index (Phi) is 2.95. The van der Waals surface area contributed by atoms with E-state index in [2.05, 4.69) is 4.98 Å². The number of hydrogen-bond acceptors (Lipinski definition) is 3. The summed E-state index contributed by atoms with van der Waals surface area (Å²) in [5.41, 5.74) is 3.27. The number of pyridine rings is 1. The Morgan fingerprint density at radius 3 is 2.57 bits per heavy atom. The maximum absolute atomic E-state index is 12.8. The van der Waals surface area contributed by atoms with Crippen LogP contribution in [0.1, 0.15) is 22.3 Å². The number of alkyl halides is 2. The number of nitrogen functional groups attached to an aromatic ring is 1. The molecule has 7 heteroatoms. The first-order valence-corrected chi connectivity index (χ1v) is 3.75. The summed E-state index contributed by atoms with van der Waals surface area (Å²) in [5, 5.41) is -1.20. The summed E-state index contributed by atoms with van der Waals surface area (Å²) < 4.78 is 37.3. The first-order chi connectivity index (χ1) is 6.43. The molecule has 0 bridgehead atoms. The molecule has 76 valence electrons. The monoisotopic (exact) mass is 224 g/mol. The number of rotatable bonds is 2. The SMILES string of the molecule is Nc1cc(C(=O)Cl)c(C(F)F)c(F)n1. The van der Waals surface area contributed by atoms with Gasteiger partial charge < -0.3 is 5.73 Å². The smallest absolute Gasteiger partial charge is 0.269 e. The van der Waals surface area contributed by atoms with Crippen LogP contribution in [0.15, 0.2) is 6.07 Å². The van der Waals surface area contributed by atoms with E-state index in [4.69, 9.17) is 17.3 Å². The lowest BCUT2D eigenvalue weighted by atomic mass is 10.1. The summed E-state index contributed by atoms with van der Waals surface area (Å²) in [5.74, 6) is -1.86. The van der Waals surface area contributed by atoms with E-state index in [1.165, 1.54) is 0 Å². The largest absolute Gasteiger partial charge is 0.384 e. The Morgan fingerprint density at radius 2 is 2.14 bits per heavy atom. The minimum atomic E-state index is -3.17. The Bertz CT molecular complexity index is 383. The fraction of sp³-hybridized carbons (Fsp3) is 0.143. The Labute approximate surface area is 81.7 Å². The number of nitrogens with zero attached hydrogens (tertiary/aromatic N) is 1. The summed E-state index contributed by atoms with van der Waals surface area (Å²) in [6.07, 6.45) is -3.17. The molecule has 0 aromatic carbocycles. The molecule has 0 radical (unpaired) electrons. The predicted molar refractivity (Wildman–Crippen MR) is 43.7 cm³/mol. The molecule has 0 unspecified atom stereocenters. The van der Waals surface area contributed by atoms with E-state index in [-0.39, 0.29) is 5.82 Å². The van der Waals surface area contributed by atoms with Crippen LogP contribution in [0.4, 0.5) is 19.0 Å². The number of halogens is 4. The van der Waals surface area contributed by atoms with Gasteiger partial charge in [-0.3, -0.25) is 4.79 Å². The van der Waals surface area contributed by atoms with Crippen molar-refractivity contribution in [3.05, 3.63) is 23.1 Å². The van der Waals surface area contributed by atoms with Gasteiger partial charge in [0.2, 0.25) is 5.95 Å². The zero-order valence-electron chi connectivity index (χ0n) is 6.60. The second-order valence-electron chi connectivity index (χ2n) is 2.37. The highest BCUT2D eigenvalue weighted by atomic mass is 35.5. The van der Waals surface area contributed by atoms with E-state index in [9.17, 15) is 18.0 Å². The van der Waals surface area contributed by atoms with Crippen molar-refractivity contribution in [3.8, 4) is 0 Å². The first-order valence-electron chi connectivity index (χ1n) is 3.37. The van der Waals surface area contributed by atoms with Gasteiger partial charge >= 0.3 is 0 Å². The zero-order chi connectivity index (χ0) is 10.9. The third-order valence-corrected chi connectivity index (χ3v) is 1.67. The Morgan fingerprint density at radius 1 is 1.57 bits per heavy atom. The maximum Gasteiger partial charge on any atom is 0.269 e. The average molecular weight is 225 g/mol. The van der Waals surface area contributed by atoms with Gasteiger partial charge in [-0.05, 0) is 17.7 Å². The van der Waals surface area contributed by atoms with Crippen molar-refractivity contribution in [1.29, 1.82) is 0 Å². The molecule has 3 nitrogen and oxygen atoms in total. The quantitative estimate of drug-likeness (QED) is 0.618. The van der Waals surface area contributed by atoms with Crippen LogP contribution in [0.2, 0.25) is 0 Å². The standard InChI is InChI=1S/C7H4ClF3N2O/c8-5(14)2-1-3(12)13-7(11)4(2)6(9)10/h1,6H,(H2,12,13). The number of nitrogens with two attached hydrogens (primary N) is 1. The van der Waals surface area contributed by atoms with E-state index >= 15 is 0 Å². The van der Waals surface area contributed by atoms with Crippen LogP contribution < -0.4 is 5.73 Å². The van der Waals surface area contributed by atoms with Crippen molar-refractivity contribution in [2.24, 2.45) is 0 Å². The minimum absolute atomic E-state index is 0.379. The van der Waals surface area contributed by atoms with Crippen LogP contribution in [-0.2, 0) is 0 Å². The van der Waals surface area contributed by atoms with E-state index < -0.39 is 28.7 Å². The summed E-state index contributed by atoms with van der Waals surface area (Å²) in [6, 6.07) is 0.805. The van der Waals surface area contributed by atoms with E-state index in [0.717, 1.165) is 6.07 Å². The fourth-order valence-corrected chi connectivity index (χ4v) is 1.07. The third-order valence-electron chi connectivity index (χ3n) is 1.46. The highest BCUT2D eigenvalue weighted by molar-refractivity contribution is 6.68. The first kappa shape index (κ1) is 10.8. The molecule has 2 N–H and O–H groups in total. The van der Waals surface area contributed by atoms with E-state index in [1.807, 2.05) is 0 Å². The minimum Gasteiger partial charge on any atom is -0.384 e. The predicted octanol–water partition coefficient (Wildman–Crippen LogP) is 2.12. The lowest BCUT2D eigenvalue weighted by Crippen LogP contribution is -2.06. The second kappa shape index (κ2) is 3.83. The summed E-state index contributed by atoms with van der Waals surface area (Å²) in [6.45, 7) is 0. The molecule has 1 aromatic heterocycles. The van der Waals surface area contributed by atoms with E-state index in [1.54, 1.807) is 0 Å². The lowest BCUT2D eigenvalue weighted by molar-refractivity contribution is 0.106. The number of hydrogen-bond donors (Lipinski definition) is 1. The fourth-order valence-electron chi connectivity index (χ4n) is 0.913. The Hall–Kier alpha value is -1.30. The molecule has 1 heterocycles. The molecule has 0 amide bonds. The number of anilines is 1. The zero-order valence-corrected chi connectivity index (χ0v) is 7.36. The molecule has 0 aliphatic heterocycles. The number of aromatic nitrogens is 1. The van der Waals surface area contributed by atoms with E-state index in [0.29, 0.717) is 0 Å². The molecule has 0 atom stereocenters. The molecular weight excluding hydrogens is 221 g/mol. The van der Waals surface area contributed by atoms with Crippen molar-refractivity contribution in [3.63, 3.8) is 0 Å². The van der Waals surface area contributed by atoms with Gasteiger partial charge in [0.05, 0.1) is 11.1 Å². The van der Waals surface area contributed by atoms with Crippen LogP contribution >= 0.6 is 11.6 Å². The highest BCUT2D eigenvalue weighted by Gasteiger charge is 2.23. The normalized spacial score (nSPS) is 10.6. The summed E-state index contributed by atoms with van der Waals surface area (Å²) in [7, 11) is 0. The summed E-state index contributed by atoms with van der Waals surface area (Å²) in [4.78, 5) is 13.6. The van der Waals surface area contributed by atoms with Crippen LogP contribution in [0.5, 0.6) is 0 Å².